The average molecular weight is 362 g/mol. The van der Waals surface area contributed by atoms with Gasteiger partial charge in [-0.2, -0.15) is 0 Å². The Bertz CT molecular complexity index is 741. The Morgan fingerprint density at radius 3 is 2.69 bits per heavy atom. The maximum Gasteiger partial charge on any atom is 0.336 e. The summed E-state index contributed by atoms with van der Waals surface area (Å²) in [7, 11) is 0. The number of esters is 1. The van der Waals surface area contributed by atoms with Gasteiger partial charge in [-0.1, -0.05) is 18.2 Å². The largest absolute Gasteiger partial charge is 0.460 e. The van der Waals surface area contributed by atoms with Crippen LogP contribution in [-0.4, -0.2) is 36.1 Å². The van der Waals surface area contributed by atoms with Crippen molar-refractivity contribution in [3.05, 3.63) is 51.2 Å². The molecule has 1 heterocycles. The van der Waals surface area contributed by atoms with Crippen LogP contribution >= 0.6 is 0 Å². The van der Waals surface area contributed by atoms with E-state index >= 15 is 0 Å². The lowest BCUT2D eigenvalue weighted by atomic mass is 9.83. The number of amides is 1. The second-order valence-corrected chi connectivity index (χ2v) is 6.21. The lowest BCUT2D eigenvalue weighted by molar-refractivity contribution is -0.385. The van der Waals surface area contributed by atoms with Gasteiger partial charge in [0.25, 0.3) is 5.69 Å². The van der Waals surface area contributed by atoms with Crippen LogP contribution in [-0.2, 0) is 19.1 Å². The van der Waals surface area contributed by atoms with Gasteiger partial charge < -0.3 is 14.8 Å². The molecule has 8 heteroatoms. The van der Waals surface area contributed by atoms with Crippen molar-refractivity contribution in [2.45, 2.75) is 39.2 Å². The van der Waals surface area contributed by atoms with Crippen LogP contribution in [0.15, 0.2) is 35.5 Å². The molecule has 0 spiro atoms. The molecule has 1 aliphatic rings. The molecule has 1 aromatic rings. The minimum absolute atomic E-state index is 0.0170. The molecular weight excluding hydrogens is 340 g/mol. The quantitative estimate of drug-likeness (QED) is 0.345. The molecule has 1 N–H and O–H groups in total. The van der Waals surface area contributed by atoms with Gasteiger partial charge in [0, 0.05) is 29.7 Å². The summed E-state index contributed by atoms with van der Waals surface area (Å²) in [4.78, 5) is 35.3. The van der Waals surface area contributed by atoms with Crippen LogP contribution in [0, 0.1) is 10.1 Å². The average Bonchev–Trinajstić information content (AvgIpc) is 2.57. The summed E-state index contributed by atoms with van der Waals surface area (Å²) in [5, 5.41) is 13.9. The van der Waals surface area contributed by atoms with Gasteiger partial charge >= 0.3 is 5.97 Å². The molecule has 0 fully saturated rings. The fourth-order valence-corrected chi connectivity index (χ4v) is 2.88. The predicted molar refractivity (Wildman–Crippen MR) is 93.3 cm³/mol. The van der Waals surface area contributed by atoms with Gasteiger partial charge in [-0.3, -0.25) is 14.9 Å². The minimum Gasteiger partial charge on any atom is -0.460 e. The summed E-state index contributed by atoms with van der Waals surface area (Å²) in [5.41, 5.74) is 0.758. The summed E-state index contributed by atoms with van der Waals surface area (Å²) in [6, 6.07) is 6.10. The number of para-hydroxylation sites is 1. The van der Waals surface area contributed by atoms with Crippen molar-refractivity contribution < 1.29 is 24.0 Å². The fourth-order valence-electron chi connectivity index (χ4n) is 2.88. The zero-order valence-corrected chi connectivity index (χ0v) is 15.0. The molecule has 0 radical (unpaired) electrons. The predicted octanol–water partition coefficient (Wildman–Crippen LogP) is 2.44. The number of benzene rings is 1. The van der Waals surface area contributed by atoms with E-state index in [0.717, 1.165) is 0 Å². The number of nitro benzene ring substituents is 1. The fraction of sp³-hybridized carbons (Fsp3) is 0.444. The Hall–Kier alpha value is -2.74. The van der Waals surface area contributed by atoms with E-state index in [9.17, 15) is 19.7 Å². The van der Waals surface area contributed by atoms with Gasteiger partial charge in [-0.15, -0.1) is 0 Å². The van der Waals surface area contributed by atoms with Crippen molar-refractivity contribution in [3.8, 4) is 0 Å². The van der Waals surface area contributed by atoms with E-state index in [1.165, 1.54) is 6.07 Å². The molecule has 1 aliphatic heterocycles. The number of carbonyl (C=O) groups is 2. The van der Waals surface area contributed by atoms with Crippen LogP contribution in [0.3, 0.4) is 0 Å². The maximum atomic E-state index is 12.6. The number of hydrogen-bond acceptors (Lipinski definition) is 6. The van der Waals surface area contributed by atoms with E-state index in [1.807, 2.05) is 13.8 Å². The molecule has 1 atom stereocenters. The first-order valence-corrected chi connectivity index (χ1v) is 8.34. The highest BCUT2D eigenvalue weighted by atomic mass is 16.6. The van der Waals surface area contributed by atoms with Crippen LogP contribution in [0.25, 0.3) is 0 Å². The highest BCUT2D eigenvalue weighted by Gasteiger charge is 2.36. The summed E-state index contributed by atoms with van der Waals surface area (Å²) < 4.78 is 10.6. The molecule has 0 saturated carbocycles. The molecule has 2 rings (SSSR count). The van der Waals surface area contributed by atoms with E-state index in [-0.39, 0.29) is 42.9 Å². The first kappa shape index (κ1) is 19.6. The number of allylic oxidation sites excluding steroid dienone is 1. The van der Waals surface area contributed by atoms with Crippen molar-refractivity contribution in [3.63, 3.8) is 0 Å². The maximum absolute atomic E-state index is 12.6. The van der Waals surface area contributed by atoms with E-state index < -0.39 is 16.8 Å². The third kappa shape index (κ3) is 4.66. The Balaban J connectivity index is 2.29. The number of nitro groups is 1. The smallest absolute Gasteiger partial charge is 0.336 e. The van der Waals surface area contributed by atoms with E-state index in [0.29, 0.717) is 11.3 Å². The highest BCUT2D eigenvalue weighted by molar-refractivity contribution is 5.96. The van der Waals surface area contributed by atoms with Crippen LogP contribution < -0.4 is 5.32 Å². The number of hydrogen-bond donors (Lipinski definition) is 1. The van der Waals surface area contributed by atoms with Gasteiger partial charge in [-0.05, 0) is 20.8 Å². The zero-order chi connectivity index (χ0) is 19.3. The first-order valence-electron chi connectivity index (χ1n) is 8.34. The molecule has 26 heavy (non-hydrogen) atoms. The van der Waals surface area contributed by atoms with Gasteiger partial charge in [0.15, 0.2) is 0 Å². The van der Waals surface area contributed by atoms with Crippen molar-refractivity contribution in [2.75, 3.05) is 13.2 Å². The third-order valence-corrected chi connectivity index (χ3v) is 3.97. The molecule has 1 unspecified atom stereocenters. The van der Waals surface area contributed by atoms with E-state index in [4.69, 9.17) is 9.47 Å². The van der Waals surface area contributed by atoms with Crippen LogP contribution in [0.5, 0.6) is 0 Å². The summed E-state index contributed by atoms with van der Waals surface area (Å²) in [5.74, 6) is -1.65. The Labute approximate surface area is 151 Å². The number of nitrogens with one attached hydrogen (secondary N) is 1. The second-order valence-electron chi connectivity index (χ2n) is 6.21. The standard InChI is InChI=1S/C18H22N2O6/c1-11(2)25-8-9-26-18(22)17-12(3)19-16(21)10-14(17)13-6-4-5-7-15(13)20(23)24/h4-7,11,14H,8-10H2,1-3H3,(H,19,21). The molecule has 8 nitrogen and oxygen atoms in total. The molecule has 0 saturated heterocycles. The van der Waals surface area contributed by atoms with Crippen LogP contribution in [0.2, 0.25) is 0 Å². The molecule has 0 bridgehead atoms. The first-order chi connectivity index (χ1) is 12.3. The Kier molecular flexibility index (Phi) is 6.46. The van der Waals surface area contributed by atoms with Crippen molar-refractivity contribution >= 4 is 17.6 Å². The normalized spacial score (nSPS) is 17.2. The van der Waals surface area contributed by atoms with Gasteiger partial charge in [0.1, 0.15) is 6.61 Å². The van der Waals surface area contributed by atoms with E-state index in [1.54, 1.807) is 25.1 Å². The van der Waals surface area contributed by atoms with Crippen LogP contribution in [0.4, 0.5) is 5.69 Å². The SMILES string of the molecule is CC1=C(C(=O)OCCOC(C)C)C(c2ccccc2[N+](=O)[O-])CC(=O)N1. The molecule has 140 valence electrons. The Morgan fingerprint density at radius 1 is 1.35 bits per heavy atom. The Morgan fingerprint density at radius 2 is 2.04 bits per heavy atom. The van der Waals surface area contributed by atoms with Crippen molar-refractivity contribution in [1.29, 1.82) is 0 Å². The molecule has 0 aliphatic carbocycles. The summed E-state index contributed by atoms with van der Waals surface area (Å²) in [6.45, 7) is 5.63. The van der Waals surface area contributed by atoms with Gasteiger partial charge in [-0.25, -0.2) is 4.79 Å². The molecular formula is C18H22N2O6. The number of rotatable bonds is 7. The molecule has 1 amide bonds. The second kappa shape index (κ2) is 8.57. The molecule has 0 aromatic heterocycles. The zero-order valence-electron chi connectivity index (χ0n) is 15.0. The van der Waals surface area contributed by atoms with Gasteiger partial charge in [0.2, 0.25) is 5.91 Å². The summed E-state index contributed by atoms with van der Waals surface area (Å²) >= 11 is 0. The third-order valence-electron chi connectivity index (χ3n) is 3.97. The summed E-state index contributed by atoms with van der Waals surface area (Å²) in [6.07, 6.45) is -0.0434. The lowest BCUT2D eigenvalue weighted by Crippen LogP contribution is -2.34. The minimum atomic E-state index is -0.733. The number of nitrogens with zero attached hydrogens (tertiary/aromatic N) is 1. The molecule has 1 aromatic carbocycles. The van der Waals surface area contributed by atoms with Crippen LogP contribution in [0.1, 0.15) is 38.7 Å². The number of ether oxygens (including phenoxy) is 2. The van der Waals surface area contributed by atoms with Gasteiger partial charge in [0.05, 0.1) is 23.2 Å². The van der Waals surface area contributed by atoms with Crippen molar-refractivity contribution in [1.82, 2.24) is 5.32 Å². The number of carbonyl (C=O) groups excluding carboxylic acids is 2. The topological polar surface area (TPSA) is 108 Å². The highest BCUT2D eigenvalue weighted by Crippen LogP contribution is 2.37. The van der Waals surface area contributed by atoms with Crippen molar-refractivity contribution in [2.24, 2.45) is 0 Å². The monoisotopic (exact) mass is 362 g/mol. The van der Waals surface area contributed by atoms with E-state index in [2.05, 4.69) is 5.32 Å². The lowest BCUT2D eigenvalue weighted by Gasteiger charge is -2.26.